The molecule has 1 atom stereocenters. The average molecular weight is 259 g/mol. The number of nitrogens with zero attached hydrogens (tertiary/aromatic N) is 2. The van der Waals surface area contributed by atoms with E-state index in [9.17, 15) is 8.42 Å². The second kappa shape index (κ2) is 4.46. The number of amidine groups is 1. The maximum atomic E-state index is 12.0. The van der Waals surface area contributed by atoms with Gasteiger partial charge in [-0.15, -0.1) is 0 Å². The molecule has 0 aliphatic carbocycles. The molecule has 7 nitrogen and oxygen atoms in total. The van der Waals surface area contributed by atoms with Crippen molar-refractivity contribution in [2.75, 3.05) is 0 Å². The number of hydrogen-bond acceptors (Lipinski definition) is 4. The van der Waals surface area contributed by atoms with Crippen molar-refractivity contribution >= 4 is 15.9 Å². The van der Waals surface area contributed by atoms with Crippen molar-refractivity contribution in [3.05, 3.63) is 12.4 Å². The zero-order valence-corrected chi connectivity index (χ0v) is 10.9. The standard InChI is InChI=1S/C9H17N5O2S/c1-4-9(2,8(10)11)13-17(15,16)7-5-12-14(3)6-7/h5-6,13H,4H2,1-3H3,(H3,10,11). The van der Waals surface area contributed by atoms with E-state index in [2.05, 4.69) is 9.82 Å². The first kappa shape index (κ1) is 13.7. The zero-order valence-electron chi connectivity index (χ0n) is 10.1. The van der Waals surface area contributed by atoms with Gasteiger partial charge in [0.05, 0.1) is 11.7 Å². The lowest BCUT2D eigenvalue weighted by Crippen LogP contribution is -2.54. The predicted octanol–water partition coefficient (Wildman–Crippen LogP) is -0.197. The summed E-state index contributed by atoms with van der Waals surface area (Å²) in [5.41, 5.74) is 4.33. The van der Waals surface area contributed by atoms with Gasteiger partial charge in [-0.3, -0.25) is 10.1 Å². The Labute approximate surface area is 101 Å². The van der Waals surface area contributed by atoms with E-state index in [0.717, 1.165) is 0 Å². The third kappa shape index (κ3) is 2.83. The van der Waals surface area contributed by atoms with E-state index >= 15 is 0 Å². The molecule has 17 heavy (non-hydrogen) atoms. The van der Waals surface area contributed by atoms with E-state index in [1.807, 2.05) is 0 Å². The quantitative estimate of drug-likeness (QED) is 0.502. The van der Waals surface area contributed by atoms with Gasteiger partial charge in [-0.25, -0.2) is 8.42 Å². The molecule has 0 bridgehead atoms. The molecule has 1 unspecified atom stereocenters. The molecule has 96 valence electrons. The Morgan fingerprint density at radius 2 is 2.29 bits per heavy atom. The summed E-state index contributed by atoms with van der Waals surface area (Å²) in [6.07, 6.45) is 3.03. The Kier molecular flexibility index (Phi) is 3.58. The van der Waals surface area contributed by atoms with Gasteiger partial charge < -0.3 is 5.73 Å². The summed E-state index contributed by atoms with van der Waals surface area (Å²) >= 11 is 0. The van der Waals surface area contributed by atoms with Gasteiger partial charge in [-0.2, -0.15) is 9.82 Å². The van der Waals surface area contributed by atoms with Crippen LogP contribution in [0.5, 0.6) is 0 Å². The molecule has 0 radical (unpaired) electrons. The zero-order chi connectivity index (χ0) is 13.3. The number of hydrogen-bond donors (Lipinski definition) is 3. The fraction of sp³-hybridized carbons (Fsp3) is 0.556. The van der Waals surface area contributed by atoms with Crippen molar-refractivity contribution in [3.63, 3.8) is 0 Å². The summed E-state index contributed by atoms with van der Waals surface area (Å²) in [4.78, 5) is 0.0564. The summed E-state index contributed by atoms with van der Waals surface area (Å²) in [6, 6.07) is 0. The molecule has 1 heterocycles. The number of nitrogens with two attached hydrogens (primary N) is 1. The molecule has 1 aromatic heterocycles. The van der Waals surface area contributed by atoms with Crippen LogP contribution in [0.4, 0.5) is 0 Å². The Morgan fingerprint density at radius 1 is 1.71 bits per heavy atom. The third-order valence-corrected chi connectivity index (χ3v) is 4.20. The van der Waals surface area contributed by atoms with Crippen LogP contribution in [0.25, 0.3) is 0 Å². The Morgan fingerprint density at radius 3 is 2.65 bits per heavy atom. The number of sulfonamides is 1. The van der Waals surface area contributed by atoms with Gasteiger partial charge in [0.1, 0.15) is 10.7 Å². The fourth-order valence-electron chi connectivity index (χ4n) is 1.21. The molecule has 0 aromatic carbocycles. The highest BCUT2D eigenvalue weighted by atomic mass is 32.2. The fourth-order valence-corrected chi connectivity index (χ4v) is 2.65. The van der Waals surface area contributed by atoms with Gasteiger partial charge in [-0.1, -0.05) is 6.92 Å². The van der Waals surface area contributed by atoms with Crippen molar-refractivity contribution in [2.45, 2.75) is 30.7 Å². The number of aryl methyl sites for hydroxylation is 1. The summed E-state index contributed by atoms with van der Waals surface area (Å²) < 4.78 is 27.8. The smallest absolute Gasteiger partial charge is 0.244 e. The van der Waals surface area contributed by atoms with Crippen LogP contribution in [0.2, 0.25) is 0 Å². The van der Waals surface area contributed by atoms with Gasteiger partial charge in [0.2, 0.25) is 10.0 Å². The maximum absolute atomic E-state index is 12.0. The van der Waals surface area contributed by atoms with Crippen molar-refractivity contribution in [1.82, 2.24) is 14.5 Å². The first-order chi connectivity index (χ1) is 7.71. The van der Waals surface area contributed by atoms with Gasteiger partial charge in [0.15, 0.2) is 0 Å². The van der Waals surface area contributed by atoms with Gasteiger partial charge in [0.25, 0.3) is 0 Å². The van der Waals surface area contributed by atoms with Gasteiger partial charge in [0, 0.05) is 13.2 Å². The third-order valence-electron chi connectivity index (χ3n) is 2.65. The molecule has 0 spiro atoms. The molecular weight excluding hydrogens is 242 g/mol. The lowest BCUT2D eigenvalue weighted by Gasteiger charge is -2.27. The minimum absolute atomic E-state index is 0.0564. The molecular formula is C9H17N5O2S. The van der Waals surface area contributed by atoms with Gasteiger partial charge in [-0.05, 0) is 13.3 Å². The Hall–Kier alpha value is -1.41. The lowest BCUT2D eigenvalue weighted by molar-refractivity contribution is 0.505. The molecule has 0 amide bonds. The molecule has 4 N–H and O–H groups in total. The summed E-state index contributed by atoms with van der Waals surface area (Å²) in [6.45, 7) is 3.33. The van der Waals surface area contributed by atoms with E-state index in [4.69, 9.17) is 11.1 Å². The first-order valence-electron chi connectivity index (χ1n) is 5.08. The minimum atomic E-state index is -3.71. The molecule has 0 aliphatic heterocycles. The second-order valence-electron chi connectivity index (χ2n) is 4.05. The second-order valence-corrected chi connectivity index (χ2v) is 5.74. The van der Waals surface area contributed by atoms with Gasteiger partial charge >= 0.3 is 0 Å². The van der Waals surface area contributed by atoms with E-state index in [1.165, 1.54) is 17.1 Å². The topological polar surface area (TPSA) is 114 Å². The monoisotopic (exact) mass is 259 g/mol. The summed E-state index contributed by atoms with van der Waals surface area (Å²) in [7, 11) is -2.08. The minimum Gasteiger partial charge on any atom is -0.386 e. The molecule has 0 fully saturated rings. The van der Waals surface area contributed by atoms with Crippen LogP contribution in [0.15, 0.2) is 17.3 Å². The van der Waals surface area contributed by atoms with Crippen molar-refractivity contribution in [2.24, 2.45) is 12.8 Å². The molecule has 0 saturated heterocycles. The van der Waals surface area contributed by atoms with Crippen LogP contribution < -0.4 is 10.5 Å². The predicted molar refractivity (Wildman–Crippen MR) is 64.1 cm³/mol. The largest absolute Gasteiger partial charge is 0.386 e. The van der Waals surface area contributed by atoms with E-state index in [-0.39, 0.29) is 10.7 Å². The van der Waals surface area contributed by atoms with E-state index < -0.39 is 15.6 Å². The number of nitrogens with one attached hydrogen (secondary N) is 2. The molecule has 1 rings (SSSR count). The van der Waals surface area contributed by atoms with Crippen LogP contribution in [-0.4, -0.2) is 29.6 Å². The van der Waals surface area contributed by atoms with E-state index in [1.54, 1.807) is 20.9 Å². The average Bonchev–Trinajstić information content (AvgIpc) is 2.64. The molecule has 1 aromatic rings. The normalized spacial score (nSPS) is 15.5. The SMILES string of the molecule is CCC(C)(NS(=O)(=O)c1cnn(C)c1)C(=N)N. The number of aromatic nitrogens is 2. The van der Waals surface area contributed by atoms with Crippen LogP contribution in [0, 0.1) is 5.41 Å². The maximum Gasteiger partial charge on any atom is 0.244 e. The van der Waals surface area contributed by atoms with Crippen LogP contribution >= 0.6 is 0 Å². The molecule has 8 heteroatoms. The number of rotatable bonds is 5. The summed E-state index contributed by atoms with van der Waals surface area (Å²) in [5.74, 6) is -0.215. The van der Waals surface area contributed by atoms with Crippen LogP contribution in [-0.2, 0) is 17.1 Å². The Bertz CT molecular complexity index is 521. The highest BCUT2D eigenvalue weighted by molar-refractivity contribution is 7.89. The molecule has 0 aliphatic rings. The van der Waals surface area contributed by atoms with E-state index in [0.29, 0.717) is 6.42 Å². The Balaban J connectivity index is 3.06. The first-order valence-corrected chi connectivity index (χ1v) is 6.57. The molecule has 0 saturated carbocycles. The van der Waals surface area contributed by atoms with Crippen molar-refractivity contribution in [1.29, 1.82) is 5.41 Å². The van der Waals surface area contributed by atoms with Crippen molar-refractivity contribution in [3.8, 4) is 0 Å². The van der Waals surface area contributed by atoms with Crippen molar-refractivity contribution < 1.29 is 8.42 Å². The summed E-state index contributed by atoms with van der Waals surface area (Å²) in [5, 5.41) is 11.2. The van der Waals surface area contributed by atoms with Crippen LogP contribution in [0.1, 0.15) is 20.3 Å². The van der Waals surface area contributed by atoms with Crippen LogP contribution in [0.3, 0.4) is 0 Å². The highest BCUT2D eigenvalue weighted by Gasteiger charge is 2.32. The lowest BCUT2D eigenvalue weighted by atomic mass is 10.00. The highest BCUT2D eigenvalue weighted by Crippen LogP contribution is 2.15.